The highest BCUT2D eigenvalue weighted by molar-refractivity contribution is 7.47. The summed E-state index contributed by atoms with van der Waals surface area (Å²) in [5.41, 5.74) is 0. The fraction of sp³-hybridized carbons (Fsp3) is 0.842. The molecule has 0 fully saturated rings. The number of unbranched alkanes of at least 4 members (excludes halogenated alkanes) is 20. The third-order valence-corrected chi connectivity index (χ3v) is 9.09. The first kappa shape index (κ1) is 45.5. The van der Waals surface area contributed by atoms with Crippen molar-refractivity contribution in [3.8, 4) is 0 Å². The SMILES string of the molecule is CCC/C=C\CCCCCCCC(=O)OCC(COP(=O)(O)OC)OC(=O)CCCCCCCCC/C=C\CCCCCCCCC. The summed E-state index contributed by atoms with van der Waals surface area (Å²) in [7, 11) is -3.20. The minimum Gasteiger partial charge on any atom is -0.462 e. The van der Waals surface area contributed by atoms with E-state index in [1.807, 2.05) is 0 Å². The number of rotatable bonds is 35. The molecule has 0 saturated heterocycles. The molecule has 0 bridgehead atoms. The molecule has 0 aliphatic rings. The van der Waals surface area contributed by atoms with E-state index in [1.54, 1.807) is 0 Å². The first-order valence-electron chi connectivity index (χ1n) is 19.0. The Morgan fingerprint density at radius 1 is 0.574 bits per heavy atom. The zero-order valence-electron chi connectivity index (χ0n) is 30.4. The van der Waals surface area contributed by atoms with Gasteiger partial charge in [0.05, 0.1) is 6.61 Å². The van der Waals surface area contributed by atoms with Gasteiger partial charge < -0.3 is 14.4 Å². The van der Waals surface area contributed by atoms with Gasteiger partial charge in [-0.05, 0) is 57.8 Å². The van der Waals surface area contributed by atoms with Crippen LogP contribution in [0.4, 0.5) is 0 Å². The van der Waals surface area contributed by atoms with Crippen LogP contribution in [0.5, 0.6) is 0 Å². The van der Waals surface area contributed by atoms with Crippen molar-refractivity contribution in [2.24, 2.45) is 0 Å². The average Bonchev–Trinajstić information content (AvgIpc) is 3.06. The quantitative estimate of drug-likeness (QED) is 0.0304. The van der Waals surface area contributed by atoms with Crippen molar-refractivity contribution in [2.45, 2.75) is 187 Å². The van der Waals surface area contributed by atoms with Gasteiger partial charge in [-0.1, -0.05) is 134 Å². The lowest BCUT2D eigenvalue weighted by atomic mass is 10.1. The van der Waals surface area contributed by atoms with Crippen molar-refractivity contribution in [2.75, 3.05) is 20.3 Å². The predicted octanol–water partition coefficient (Wildman–Crippen LogP) is 11.5. The van der Waals surface area contributed by atoms with E-state index >= 15 is 0 Å². The summed E-state index contributed by atoms with van der Waals surface area (Å²) >= 11 is 0. The molecule has 0 saturated carbocycles. The molecule has 0 spiro atoms. The lowest BCUT2D eigenvalue weighted by Gasteiger charge is -2.19. The largest absolute Gasteiger partial charge is 0.472 e. The third kappa shape index (κ3) is 34.2. The third-order valence-electron chi connectivity index (χ3n) is 8.15. The van der Waals surface area contributed by atoms with Crippen molar-refractivity contribution >= 4 is 19.8 Å². The van der Waals surface area contributed by atoms with Gasteiger partial charge in [0.25, 0.3) is 0 Å². The second-order valence-electron chi connectivity index (χ2n) is 12.7. The number of carbonyl (C=O) groups excluding carboxylic acids is 2. The molecule has 8 nitrogen and oxygen atoms in total. The average molecular weight is 687 g/mol. The summed E-state index contributed by atoms with van der Waals surface area (Å²) in [5.74, 6) is -0.820. The smallest absolute Gasteiger partial charge is 0.462 e. The maximum atomic E-state index is 12.4. The number of esters is 2. The number of phosphoric acid groups is 1. The molecule has 0 amide bonds. The lowest BCUT2D eigenvalue weighted by molar-refractivity contribution is -0.161. The standard InChI is InChI=1S/C38H71O8P/c1-4-6-8-10-12-14-16-17-18-19-20-21-22-23-25-27-29-31-33-38(40)46-36(35-45-47(41,42)43-3)34-44-37(39)32-30-28-26-24-15-13-11-9-7-5-2/h9,11,18-19,36H,4-8,10,12-17,20-35H2,1-3H3,(H,41,42)/b11-9-,19-18-. The summed E-state index contributed by atoms with van der Waals surface area (Å²) in [6, 6.07) is 0. The fourth-order valence-electron chi connectivity index (χ4n) is 5.18. The van der Waals surface area contributed by atoms with Crippen molar-refractivity contribution < 1.29 is 37.6 Å². The summed E-state index contributed by atoms with van der Waals surface area (Å²) in [5, 5.41) is 0. The van der Waals surface area contributed by atoms with E-state index in [1.165, 1.54) is 77.0 Å². The van der Waals surface area contributed by atoms with Crippen LogP contribution in [0.3, 0.4) is 0 Å². The van der Waals surface area contributed by atoms with E-state index in [4.69, 9.17) is 14.0 Å². The van der Waals surface area contributed by atoms with Gasteiger partial charge in [0.1, 0.15) is 6.61 Å². The normalized spacial score (nSPS) is 13.7. The van der Waals surface area contributed by atoms with Crippen LogP contribution in [0.2, 0.25) is 0 Å². The summed E-state index contributed by atoms with van der Waals surface area (Å²) in [4.78, 5) is 34.2. The molecule has 1 N–H and O–H groups in total. The van der Waals surface area contributed by atoms with Gasteiger partial charge in [-0.3, -0.25) is 18.6 Å². The van der Waals surface area contributed by atoms with Crippen LogP contribution in [-0.4, -0.2) is 43.3 Å². The van der Waals surface area contributed by atoms with Crippen molar-refractivity contribution in [3.63, 3.8) is 0 Å². The maximum Gasteiger partial charge on any atom is 0.472 e. The van der Waals surface area contributed by atoms with E-state index in [9.17, 15) is 19.0 Å². The molecule has 0 aliphatic carbocycles. The first-order chi connectivity index (χ1) is 22.8. The fourth-order valence-corrected chi connectivity index (χ4v) is 5.64. The van der Waals surface area contributed by atoms with E-state index < -0.39 is 26.5 Å². The Bertz CT molecular complexity index is 829. The molecule has 0 heterocycles. The summed E-state index contributed by atoms with van der Waals surface area (Å²) in [6.07, 6.45) is 36.6. The van der Waals surface area contributed by atoms with Crippen LogP contribution >= 0.6 is 7.82 Å². The molecule has 47 heavy (non-hydrogen) atoms. The second kappa shape index (κ2) is 34.4. The summed E-state index contributed by atoms with van der Waals surface area (Å²) in [6.45, 7) is 3.80. The van der Waals surface area contributed by atoms with Gasteiger partial charge in [0.15, 0.2) is 6.10 Å². The van der Waals surface area contributed by atoms with Gasteiger partial charge in [0, 0.05) is 20.0 Å². The molecule has 2 unspecified atom stereocenters. The Labute approximate surface area is 288 Å². The summed E-state index contributed by atoms with van der Waals surface area (Å²) < 4.78 is 31.8. The van der Waals surface area contributed by atoms with Crippen LogP contribution in [0.25, 0.3) is 0 Å². The molecule has 276 valence electrons. The Balaban J connectivity index is 4.02. The lowest BCUT2D eigenvalue weighted by Crippen LogP contribution is -2.29. The van der Waals surface area contributed by atoms with E-state index in [-0.39, 0.29) is 25.4 Å². The number of carbonyl (C=O) groups is 2. The van der Waals surface area contributed by atoms with Crippen LogP contribution < -0.4 is 0 Å². The zero-order valence-corrected chi connectivity index (χ0v) is 31.3. The molecular weight excluding hydrogens is 615 g/mol. The maximum absolute atomic E-state index is 12.4. The van der Waals surface area contributed by atoms with Crippen LogP contribution in [0, 0.1) is 0 Å². The van der Waals surface area contributed by atoms with Crippen LogP contribution in [0.15, 0.2) is 24.3 Å². The highest BCUT2D eigenvalue weighted by atomic mass is 31.2. The van der Waals surface area contributed by atoms with Crippen molar-refractivity contribution in [1.29, 1.82) is 0 Å². The van der Waals surface area contributed by atoms with Crippen molar-refractivity contribution in [3.05, 3.63) is 24.3 Å². The molecule has 0 aromatic rings. The van der Waals surface area contributed by atoms with Gasteiger partial charge in [-0.2, -0.15) is 0 Å². The number of hydrogen-bond acceptors (Lipinski definition) is 7. The number of hydrogen-bond donors (Lipinski definition) is 1. The zero-order chi connectivity index (χ0) is 34.7. The van der Waals surface area contributed by atoms with E-state index in [2.05, 4.69) is 42.7 Å². The number of phosphoric ester groups is 1. The highest BCUT2D eigenvalue weighted by Crippen LogP contribution is 2.42. The van der Waals surface area contributed by atoms with Gasteiger partial charge >= 0.3 is 19.8 Å². The highest BCUT2D eigenvalue weighted by Gasteiger charge is 2.24. The molecule has 0 aromatic heterocycles. The van der Waals surface area contributed by atoms with E-state index in [0.717, 1.165) is 77.7 Å². The molecule has 0 rings (SSSR count). The molecule has 0 aliphatic heterocycles. The monoisotopic (exact) mass is 686 g/mol. The van der Waals surface area contributed by atoms with Gasteiger partial charge in [-0.25, -0.2) is 4.57 Å². The van der Waals surface area contributed by atoms with Gasteiger partial charge in [-0.15, -0.1) is 0 Å². The number of ether oxygens (including phenoxy) is 2. The number of allylic oxidation sites excluding steroid dienone is 4. The predicted molar refractivity (Wildman–Crippen MR) is 193 cm³/mol. The molecule has 0 aromatic carbocycles. The van der Waals surface area contributed by atoms with Crippen LogP contribution in [0.1, 0.15) is 181 Å². The van der Waals surface area contributed by atoms with Gasteiger partial charge in [0.2, 0.25) is 0 Å². The topological polar surface area (TPSA) is 108 Å². The first-order valence-corrected chi connectivity index (χ1v) is 20.5. The Morgan fingerprint density at radius 2 is 1.00 bits per heavy atom. The van der Waals surface area contributed by atoms with E-state index in [0.29, 0.717) is 6.42 Å². The Kier molecular flexibility index (Phi) is 33.3. The molecule has 0 radical (unpaired) electrons. The molecule has 2 atom stereocenters. The molecular formula is C38H71O8P. The minimum absolute atomic E-state index is 0.229. The minimum atomic E-state index is -4.25. The Morgan fingerprint density at radius 3 is 1.47 bits per heavy atom. The van der Waals surface area contributed by atoms with Crippen LogP contribution in [-0.2, 0) is 32.7 Å². The second-order valence-corrected chi connectivity index (χ2v) is 14.3. The molecule has 9 heteroatoms. The van der Waals surface area contributed by atoms with Crippen molar-refractivity contribution in [1.82, 2.24) is 0 Å². The Hall–Kier alpha value is -1.47.